The maximum atomic E-state index is 5.86. The van der Waals surface area contributed by atoms with Crippen LogP contribution in [0, 0.1) is 6.92 Å². The van der Waals surface area contributed by atoms with Crippen molar-refractivity contribution in [3.63, 3.8) is 0 Å². The van der Waals surface area contributed by atoms with Crippen molar-refractivity contribution in [1.82, 2.24) is 0 Å². The van der Waals surface area contributed by atoms with Gasteiger partial charge in [-0.05, 0) is 40.5 Å². The summed E-state index contributed by atoms with van der Waals surface area (Å²) >= 11 is 9.15. The molecule has 0 aliphatic heterocycles. The molecule has 0 fully saturated rings. The molecule has 0 amide bonds. The molecule has 0 radical (unpaired) electrons. The second-order valence-corrected chi connectivity index (χ2v) is 3.31. The van der Waals surface area contributed by atoms with Gasteiger partial charge in [-0.25, -0.2) is 0 Å². The molecule has 4 heteroatoms. The van der Waals surface area contributed by atoms with Gasteiger partial charge in [0.2, 0.25) is 0 Å². The van der Waals surface area contributed by atoms with E-state index in [1.54, 1.807) is 0 Å². The van der Waals surface area contributed by atoms with E-state index >= 15 is 0 Å². The molecule has 0 atom stereocenters. The van der Waals surface area contributed by atoms with Crippen LogP contribution in [0.3, 0.4) is 0 Å². The van der Waals surface area contributed by atoms with E-state index < -0.39 is 0 Å². The Bertz CT molecular complexity index is 236. The highest BCUT2D eigenvalue weighted by Gasteiger charge is 2.01. The Kier molecular flexibility index (Phi) is 4.22. The molecule has 0 heterocycles. The average molecular weight is 257 g/mol. The molecule has 0 aliphatic rings. The standard InChI is InChI=1S/C7H7BrClN.ClH/c1-4-6(10)3-2-5(8)7(4)9;/h2-3H,10H2,1H3;1H. The first-order valence-electron chi connectivity index (χ1n) is 2.83. The van der Waals surface area contributed by atoms with Gasteiger partial charge in [0.05, 0.1) is 5.02 Å². The molecular formula is C7H8BrCl2N. The Hall–Kier alpha value is 0.0800. The normalized spacial score (nSPS) is 9.00. The van der Waals surface area contributed by atoms with Crippen LogP contribution in [0.1, 0.15) is 5.56 Å². The molecule has 0 unspecified atom stereocenters. The molecule has 1 aromatic carbocycles. The molecule has 1 rings (SSSR count). The zero-order valence-electron chi connectivity index (χ0n) is 5.90. The highest BCUT2D eigenvalue weighted by atomic mass is 79.9. The summed E-state index contributed by atoms with van der Waals surface area (Å²) in [5.74, 6) is 0. The highest BCUT2D eigenvalue weighted by Crippen LogP contribution is 2.29. The fourth-order valence-electron chi connectivity index (χ4n) is 0.667. The molecule has 0 bridgehead atoms. The molecule has 1 nitrogen and oxygen atoms in total. The Morgan fingerprint density at radius 1 is 1.45 bits per heavy atom. The van der Waals surface area contributed by atoms with E-state index in [1.165, 1.54) is 0 Å². The number of nitrogen functional groups attached to an aromatic ring is 1. The van der Waals surface area contributed by atoms with E-state index in [2.05, 4.69) is 15.9 Å². The van der Waals surface area contributed by atoms with Gasteiger partial charge in [0.15, 0.2) is 0 Å². The highest BCUT2D eigenvalue weighted by molar-refractivity contribution is 9.10. The van der Waals surface area contributed by atoms with Gasteiger partial charge in [-0.15, -0.1) is 12.4 Å². The summed E-state index contributed by atoms with van der Waals surface area (Å²) in [5.41, 5.74) is 7.24. The van der Waals surface area contributed by atoms with E-state index in [1.807, 2.05) is 19.1 Å². The average Bonchev–Trinajstić information content (AvgIpc) is 1.93. The second kappa shape index (κ2) is 4.19. The van der Waals surface area contributed by atoms with E-state index in [-0.39, 0.29) is 12.4 Å². The van der Waals surface area contributed by atoms with E-state index in [9.17, 15) is 0 Å². The molecule has 0 saturated carbocycles. The van der Waals surface area contributed by atoms with E-state index in [0.29, 0.717) is 5.02 Å². The summed E-state index contributed by atoms with van der Waals surface area (Å²) in [5, 5.41) is 0.694. The van der Waals surface area contributed by atoms with Crippen LogP contribution in [0.15, 0.2) is 16.6 Å². The predicted molar refractivity (Wildman–Crippen MR) is 55.5 cm³/mol. The van der Waals surface area contributed by atoms with Gasteiger partial charge in [0, 0.05) is 10.2 Å². The predicted octanol–water partition coefficient (Wildman–Crippen LogP) is 3.41. The minimum Gasteiger partial charge on any atom is -0.398 e. The first-order valence-corrected chi connectivity index (χ1v) is 4.00. The third-order valence-corrected chi connectivity index (χ3v) is 2.76. The summed E-state index contributed by atoms with van der Waals surface area (Å²) in [6, 6.07) is 3.66. The number of benzene rings is 1. The fraction of sp³-hybridized carbons (Fsp3) is 0.143. The largest absolute Gasteiger partial charge is 0.398 e. The molecule has 0 aromatic heterocycles. The van der Waals surface area contributed by atoms with Crippen LogP contribution < -0.4 is 5.73 Å². The Labute approximate surface area is 85.5 Å². The summed E-state index contributed by atoms with van der Waals surface area (Å²) in [6.45, 7) is 1.89. The van der Waals surface area contributed by atoms with Crippen molar-refractivity contribution in [2.75, 3.05) is 5.73 Å². The van der Waals surface area contributed by atoms with Gasteiger partial charge in [-0.3, -0.25) is 0 Å². The zero-order valence-corrected chi connectivity index (χ0v) is 9.05. The second-order valence-electron chi connectivity index (χ2n) is 2.08. The van der Waals surface area contributed by atoms with Gasteiger partial charge in [-0.1, -0.05) is 11.6 Å². The first kappa shape index (κ1) is 11.1. The van der Waals surface area contributed by atoms with Gasteiger partial charge < -0.3 is 5.73 Å². The summed E-state index contributed by atoms with van der Waals surface area (Å²) in [4.78, 5) is 0. The number of nitrogens with two attached hydrogens (primary N) is 1. The van der Waals surface area contributed by atoms with Gasteiger partial charge >= 0.3 is 0 Å². The molecule has 11 heavy (non-hydrogen) atoms. The third-order valence-electron chi connectivity index (χ3n) is 1.38. The Morgan fingerprint density at radius 3 is 2.45 bits per heavy atom. The van der Waals surface area contributed by atoms with Gasteiger partial charge in [-0.2, -0.15) is 0 Å². The lowest BCUT2D eigenvalue weighted by Crippen LogP contribution is -1.89. The lowest BCUT2D eigenvalue weighted by atomic mass is 10.2. The summed E-state index contributed by atoms with van der Waals surface area (Å²) in [7, 11) is 0. The first-order chi connectivity index (χ1) is 4.63. The van der Waals surface area contributed by atoms with Crippen molar-refractivity contribution >= 4 is 45.6 Å². The minimum atomic E-state index is 0. The molecule has 2 N–H and O–H groups in total. The fourth-order valence-corrected chi connectivity index (χ4v) is 1.27. The van der Waals surface area contributed by atoms with Crippen LogP contribution in [0.25, 0.3) is 0 Å². The van der Waals surface area contributed by atoms with Crippen molar-refractivity contribution in [2.24, 2.45) is 0 Å². The van der Waals surface area contributed by atoms with Crippen molar-refractivity contribution in [2.45, 2.75) is 6.92 Å². The molecule has 0 aliphatic carbocycles. The van der Waals surface area contributed by atoms with Crippen LogP contribution in [-0.4, -0.2) is 0 Å². The Morgan fingerprint density at radius 2 is 2.00 bits per heavy atom. The van der Waals surface area contributed by atoms with Crippen LogP contribution in [0.5, 0.6) is 0 Å². The monoisotopic (exact) mass is 255 g/mol. The topological polar surface area (TPSA) is 26.0 Å². The number of halogens is 3. The van der Waals surface area contributed by atoms with Gasteiger partial charge in [0.1, 0.15) is 0 Å². The van der Waals surface area contributed by atoms with Gasteiger partial charge in [0.25, 0.3) is 0 Å². The van der Waals surface area contributed by atoms with E-state index in [0.717, 1.165) is 15.7 Å². The number of anilines is 1. The smallest absolute Gasteiger partial charge is 0.0597 e. The molecular weight excluding hydrogens is 249 g/mol. The van der Waals surface area contributed by atoms with Crippen molar-refractivity contribution < 1.29 is 0 Å². The molecule has 1 aromatic rings. The number of hydrogen-bond donors (Lipinski definition) is 1. The SMILES string of the molecule is Cc1c(N)ccc(Br)c1Cl.Cl. The zero-order chi connectivity index (χ0) is 7.72. The lowest BCUT2D eigenvalue weighted by molar-refractivity contribution is 1.45. The number of hydrogen-bond acceptors (Lipinski definition) is 1. The summed E-state index contributed by atoms with van der Waals surface area (Å²) < 4.78 is 0.890. The van der Waals surface area contributed by atoms with Crippen LogP contribution >= 0.6 is 39.9 Å². The number of rotatable bonds is 0. The maximum Gasteiger partial charge on any atom is 0.0597 e. The maximum absolute atomic E-state index is 5.86. The lowest BCUT2D eigenvalue weighted by Gasteiger charge is -2.02. The van der Waals surface area contributed by atoms with Crippen molar-refractivity contribution in [1.29, 1.82) is 0 Å². The van der Waals surface area contributed by atoms with Crippen LogP contribution in [0.2, 0.25) is 5.02 Å². The Balaban J connectivity index is 0.000001000. The van der Waals surface area contributed by atoms with Crippen LogP contribution in [0.4, 0.5) is 5.69 Å². The molecule has 62 valence electrons. The molecule has 0 saturated heterocycles. The van der Waals surface area contributed by atoms with Crippen molar-refractivity contribution in [3.8, 4) is 0 Å². The van der Waals surface area contributed by atoms with E-state index in [4.69, 9.17) is 17.3 Å². The van der Waals surface area contributed by atoms with Crippen molar-refractivity contribution in [3.05, 3.63) is 27.2 Å². The third kappa shape index (κ3) is 2.26. The minimum absolute atomic E-state index is 0. The quantitative estimate of drug-likeness (QED) is 0.708. The summed E-state index contributed by atoms with van der Waals surface area (Å²) in [6.07, 6.45) is 0. The molecule has 0 spiro atoms. The van der Waals surface area contributed by atoms with Crippen LogP contribution in [-0.2, 0) is 0 Å².